The average molecular weight is 268 g/mol. The van der Waals surface area contributed by atoms with Crippen LogP contribution in [0.5, 0.6) is 0 Å². The molecule has 0 radical (unpaired) electrons. The van der Waals surface area contributed by atoms with Crippen molar-refractivity contribution in [3.63, 3.8) is 0 Å². The number of nitrogens with two attached hydrogens (primary N) is 1. The van der Waals surface area contributed by atoms with Crippen LogP contribution in [0.2, 0.25) is 0 Å². The molecule has 1 aromatic carbocycles. The Balaban J connectivity index is 2.10. The largest absolute Gasteiger partial charge is 0.383 e. The molecule has 20 heavy (non-hydrogen) atoms. The molecule has 0 spiro atoms. The Kier molecular flexibility index (Phi) is 2.30. The van der Waals surface area contributed by atoms with E-state index in [-0.39, 0.29) is 5.82 Å². The van der Waals surface area contributed by atoms with Gasteiger partial charge in [0.1, 0.15) is 11.6 Å². The molecule has 2 heterocycles. The van der Waals surface area contributed by atoms with E-state index in [4.69, 9.17) is 5.73 Å². The van der Waals surface area contributed by atoms with Gasteiger partial charge in [0.15, 0.2) is 5.65 Å². The predicted octanol–water partition coefficient (Wildman–Crippen LogP) is 2.83. The Morgan fingerprint density at radius 1 is 1.15 bits per heavy atom. The number of H-pyrrole nitrogens is 1. The van der Waals surface area contributed by atoms with E-state index in [9.17, 15) is 4.39 Å². The summed E-state index contributed by atoms with van der Waals surface area (Å²) in [4.78, 5) is 4.58. The van der Waals surface area contributed by atoms with Crippen molar-refractivity contribution in [1.82, 2.24) is 15.2 Å². The molecule has 4 nitrogen and oxygen atoms in total. The number of benzene rings is 1. The number of nitrogens with zero attached hydrogens (tertiary/aromatic N) is 2. The van der Waals surface area contributed by atoms with E-state index in [1.54, 1.807) is 12.1 Å². The summed E-state index contributed by atoms with van der Waals surface area (Å²) in [5, 5.41) is 7.80. The van der Waals surface area contributed by atoms with Crippen LogP contribution < -0.4 is 5.73 Å². The van der Waals surface area contributed by atoms with Crippen LogP contribution >= 0.6 is 0 Å². The van der Waals surface area contributed by atoms with Gasteiger partial charge in [-0.3, -0.25) is 5.10 Å². The minimum absolute atomic E-state index is 0.240. The van der Waals surface area contributed by atoms with Crippen molar-refractivity contribution in [3.8, 4) is 11.1 Å². The predicted molar refractivity (Wildman–Crippen MR) is 75.7 cm³/mol. The van der Waals surface area contributed by atoms with Gasteiger partial charge in [0.2, 0.25) is 0 Å². The van der Waals surface area contributed by atoms with E-state index in [0.29, 0.717) is 11.5 Å². The molecule has 0 bridgehead atoms. The SMILES string of the molecule is Nc1[nH]nc2nc3c(c(-c4ccc(F)cc4)c12)CCC3. The van der Waals surface area contributed by atoms with Crippen molar-refractivity contribution in [1.29, 1.82) is 0 Å². The first-order valence-corrected chi connectivity index (χ1v) is 6.65. The number of anilines is 1. The Hall–Kier alpha value is -2.43. The molecule has 0 saturated carbocycles. The van der Waals surface area contributed by atoms with Crippen LogP contribution in [0.3, 0.4) is 0 Å². The van der Waals surface area contributed by atoms with Crippen molar-refractivity contribution in [2.24, 2.45) is 0 Å². The van der Waals surface area contributed by atoms with Crippen LogP contribution in [0.15, 0.2) is 24.3 Å². The molecule has 1 aliphatic rings. The van der Waals surface area contributed by atoms with E-state index in [1.165, 1.54) is 17.7 Å². The number of hydrogen-bond donors (Lipinski definition) is 2. The molecule has 0 aliphatic heterocycles. The summed E-state index contributed by atoms with van der Waals surface area (Å²) in [5.74, 6) is 0.275. The Morgan fingerprint density at radius 3 is 2.75 bits per heavy atom. The second-order valence-electron chi connectivity index (χ2n) is 5.11. The second kappa shape index (κ2) is 4.03. The third-order valence-corrected chi connectivity index (χ3v) is 3.89. The number of hydrogen-bond acceptors (Lipinski definition) is 3. The first-order chi connectivity index (χ1) is 9.74. The zero-order valence-corrected chi connectivity index (χ0v) is 10.8. The van der Waals surface area contributed by atoms with Crippen LogP contribution in [0.4, 0.5) is 10.2 Å². The van der Waals surface area contributed by atoms with Crippen LogP contribution in [-0.4, -0.2) is 15.2 Å². The lowest BCUT2D eigenvalue weighted by atomic mass is 9.96. The number of nitrogens with one attached hydrogen (secondary N) is 1. The number of pyridine rings is 1. The number of rotatable bonds is 1. The first-order valence-electron chi connectivity index (χ1n) is 6.65. The molecule has 0 unspecified atom stereocenters. The van der Waals surface area contributed by atoms with Gasteiger partial charge in [0.05, 0.1) is 5.39 Å². The second-order valence-corrected chi connectivity index (χ2v) is 5.11. The van der Waals surface area contributed by atoms with Crippen LogP contribution in [0.1, 0.15) is 17.7 Å². The zero-order chi connectivity index (χ0) is 13.7. The summed E-state index contributed by atoms with van der Waals surface area (Å²) >= 11 is 0. The minimum atomic E-state index is -0.240. The van der Waals surface area contributed by atoms with E-state index in [0.717, 1.165) is 41.5 Å². The standard InChI is InChI=1S/C15H13FN4/c16-9-6-4-8(5-7-9)12-10-2-1-3-11(10)18-15-13(12)14(17)19-20-15/h4-7H,1-3H2,(H3,17,18,19,20). The molecule has 4 rings (SSSR count). The monoisotopic (exact) mass is 268 g/mol. The number of fused-ring (bicyclic) bond motifs is 2. The summed E-state index contributed by atoms with van der Waals surface area (Å²) in [5.41, 5.74) is 11.0. The van der Waals surface area contributed by atoms with Gasteiger partial charge in [-0.05, 0) is 42.5 Å². The third kappa shape index (κ3) is 1.52. The molecule has 3 aromatic rings. The molecular weight excluding hydrogens is 255 g/mol. The molecule has 2 aromatic heterocycles. The van der Waals surface area contributed by atoms with Crippen molar-refractivity contribution in [3.05, 3.63) is 41.3 Å². The summed E-state index contributed by atoms with van der Waals surface area (Å²) < 4.78 is 13.2. The lowest BCUT2D eigenvalue weighted by molar-refractivity contribution is 0.628. The van der Waals surface area contributed by atoms with Gasteiger partial charge in [-0.25, -0.2) is 9.37 Å². The van der Waals surface area contributed by atoms with Crippen LogP contribution in [-0.2, 0) is 12.8 Å². The average Bonchev–Trinajstić information content (AvgIpc) is 3.05. The van der Waals surface area contributed by atoms with Crippen molar-refractivity contribution >= 4 is 16.9 Å². The molecule has 3 N–H and O–H groups in total. The highest BCUT2D eigenvalue weighted by Gasteiger charge is 2.23. The highest BCUT2D eigenvalue weighted by molar-refractivity contribution is 6.01. The van der Waals surface area contributed by atoms with Gasteiger partial charge in [0, 0.05) is 11.3 Å². The molecule has 0 fully saturated rings. The molecule has 100 valence electrons. The topological polar surface area (TPSA) is 67.6 Å². The van der Waals surface area contributed by atoms with E-state index < -0.39 is 0 Å². The smallest absolute Gasteiger partial charge is 0.184 e. The zero-order valence-electron chi connectivity index (χ0n) is 10.8. The van der Waals surface area contributed by atoms with Crippen molar-refractivity contribution in [2.45, 2.75) is 19.3 Å². The molecule has 0 atom stereocenters. The Labute approximate surface area is 114 Å². The molecule has 0 saturated heterocycles. The lowest BCUT2D eigenvalue weighted by Gasteiger charge is -2.10. The minimum Gasteiger partial charge on any atom is -0.383 e. The summed E-state index contributed by atoms with van der Waals surface area (Å²) in [6.07, 6.45) is 3.04. The fourth-order valence-electron chi connectivity index (χ4n) is 3.01. The number of aromatic amines is 1. The number of halogens is 1. The third-order valence-electron chi connectivity index (χ3n) is 3.89. The molecule has 1 aliphatic carbocycles. The number of aromatic nitrogens is 3. The quantitative estimate of drug-likeness (QED) is 0.713. The Morgan fingerprint density at radius 2 is 1.95 bits per heavy atom. The van der Waals surface area contributed by atoms with Crippen molar-refractivity contribution < 1.29 is 4.39 Å². The van der Waals surface area contributed by atoms with Gasteiger partial charge in [-0.1, -0.05) is 12.1 Å². The van der Waals surface area contributed by atoms with Gasteiger partial charge in [-0.15, -0.1) is 0 Å². The highest BCUT2D eigenvalue weighted by atomic mass is 19.1. The maximum Gasteiger partial charge on any atom is 0.184 e. The maximum absolute atomic E-state index is 13.2. The van der Waals surface area contributed by atoms with Gasteiger partial charge in [0.25, 0.3) is 0 Å². The molecular formula is C15H13FN4. The normalized spacial score (nSPS) is 13.8. The van der Waals surface area contributed by atoms with E-state index >= 15 is 0 Å². The summed E-state index contributed by atoms with van der Waals surface area (Å²) in [6.45, 7) is 0. The fourth-order valence-corrected chi connectivity index (χ4v) is 3.01. The van der Waals surface area contributed by atoms with Crippen LogP contribution in [0, 0.1) is 5.82 Å². The molecule has 0 amide bonds. The number of aryl methyl sites for hydroxylation is 1. The van der Waals surface area contributed by atoms with Gasteiger partial charge in [-0.2, -0.15) is 5.10 Å². The first kappa shape index (κ1) is 11.4. The number of nitrogen functional groups attached to an aromatic ring is 1. The van der Waals surface area contributed by atoms with Gasteiger partial charge < -0.3 is 5.73 Å². The van der Waals surface area contributed by atoms with Crippen LogP contribution in [0.25, 0.3) is 22.2 Å². The van der Waals surface area contributed by atoms with Gasteiger partial charge >= 0.3 is 0 Å². The maximum atomic E-state index is 13.2. The highest BCUT2D eigenvalue weighted by Crippen LogP contribution is 2.38. The lowest BCUT2D eigenvalue weighted by Crippen LogP contribution is -1.96. The van der Waals surface area contributed by atoms with E-state index in [2.05, 4.69) is 15.2 Å². The Bertz CT molecular complexity index is 805. The van der Waals surface area contributed by atoms with E-state index in [1.807, 2.05) is 0 Å². The summed E-state index contributed by atoms with van der Waals surface area (Å²) in [7, 11) is 0. The van der Waals surface area contributed by atoms with Crippen molar-refractivity contribution in [2.75, 3.05) is 5.73 Å². The summed E-state index contributed by atoms with van der Waals surface area (Å²) in [6, 6.07) is 6.52. The fraction of sp³-hybridized carbons (Fsp3) is 0.200. The molecule has 5 heteroatoms.